The Morgan fingerprint density at radius 3 is 2.45 bits per heavy atom. The van der Waals surface area contributed by atoms with Gasteiger partial charge in [0, 0.05) is 25.4 Å². The number of rotatable bonds is 4. The van der Waals surface area contributed by atoms with Crippen molar-refractivity contribution in [2.24, 2.45) is 7.05 Å². The molecule has 0 aliphatic carbocycles. The minimum Gasteiger partial charge on any atom is -0.363 e. The lowest BCUT2D eigenvalue weighted by atomic mass is 10.3. The van der Waals surface area contributed by atoms with Crippen molar-refractivity contribution in [1.82, 2.24) is 19.6 Å². The summed E-state index contributed by atoms with van der Waals surface area (Å²) >= 11 is 0. The van der Waals surface area contributed by atoms with Gasteiger partial charge < -0.3 is 5.32 Å². The van der Waals surface area contributed by atoms with Gasteiger partial charge in [-0.3, -0.25) is 9.36 Å². The van der Waals surface area contributed by atoms with Gasteiger partial charge in [0.05, 0.1) is 12.2 Å². The third kappa shape index (κ3) is 2.94. The number of halogens is 3. The molecule has 0 bridgehead atoms. The summed E-state index contributed by atoms with van der Waals surface area (Å²) in [5.74, 6) is 0.628. The van der Waals surface area contributed by atoms with E-state index in [4.69, 9.17) is 0 Å². The molecule has 2 rings (SSSR count). The van der Waals surface area contributed by atoms with Crippen LogP contribution >= 0.6 is 0 Å². The average Bonchev–Trinajstić information content (AvgIpc) is 2.89. The lowest BCUT2D eigenvalue weighted by Gasteiger charge is -2.04. The zero-order chi connectivity index (χ0) is 14.9. The average molecular weight is 287 g/mol. The summed E-state index contributed by atoms with van der Waals surface area (Å²) in [6, 6.07) is 2.88. The molecular weight excluding hydrogens is 271 g/mol. The number of nitrogens with zero attached hydrogens (tertiary/aromatic N) is 4. The van der Waals surface area contributed by atoms with Gasteiger partial charge in [-0.15, -0.1) is 0 Å². The molecule has 0 unspecified atom stereocenters. The van der Waals surface area contributed by atoms with Crippen molar-refractivity contribution in [1.29, 1.82) is 0 Å². The van der Waals surface area contributed by atoms with Crippen LogP contribution < -0.4 is 5.32 Å². The van der Waals surface area contributed by atoms with Crippen LogP contribution in [0.3, 0.4) is 0 Å². The van der Waals surface area contributed by atoms with Crippen LogP contribution in [0.1, 0.15) is 24.0 Å². The van der Waals surface area contributed by atoms with E-state index in [9.17, 15) is 13.2 Å². The van der Waals surface area contributed by atoms with Crippen LogP contribution in [-0.2, 0) is 26.3 Å². The van der Waals surface area contributed by atoms with Gasteiger partial charge in [0.15, 0.2) is 0 Å². The molecule has 0 atom stereocenters. The van der Waals surface area contributed by atoms with Crippen LogP contribution in [0.4, 0.5) is 19.0 Å². The van der Waals surface area contributed by atoms with Crippen molar-refractivity contribution >= 4 is 5.82 Å². The quantitative estimate of drug-likeness (QED) is 0.940. The summed E-state index contributed by atoms with van der Waals surface area (Å²) in [5, 5.41) is 11.1. The Balaban J connectivity index is 2.07. The fourth-order valence-corrected chi connectivity index (χ4v) is 1.98. The van der Waals surface area contributed by atoms with Gasteiger partial charge in [0.2, 0.25) is 0 Å². The van der Waals surface area contributed by atoms with Crippen molar-refractivity contribution < 1.29 is 13.2 Å². The highest BCUT2D eigenvalue weighted by atomic mass is 19.4. The van der Waals surface area contributed by atoms with Crippen molar-refractivity contribution in [3.8, 4) is 0 Å². The number of aromatic nitrogens is 4. The first-order valence-electron chi connectivity index (χ1n) is 6.19. The maximum Gasteiger partial charge on any atom is 0.433 e. The van der Waals surface area contributed by atoms with Gasteiger partial charge >= 0.3 is 6.18 Å². The summed E-state index contributed by atoms with van der Waals surface area (Å²) in [4.78, 5) is 0. The highest BCUT2D eigenvalue weighted by Crippen LogP contribution is 2.29. The molecule has 2 aromatic heterocycles. The van der Waals surface area contributed by atoms with Gasteiger partial charge in [0.1, 0.15) is 11.5 Å². The lowest BCUT2D eigenvalue weighted by Crippen LogP contribution is -2.11. The fourth-order valence-electron chi connectivity index (χ4n) is 1.98. The van der Waals surface area contributed by atoms with E-state index in [1.165, 1.54) is 7.05 Å². The summed E-state index contributed by atoms with van der Waals surface area (Å²) in [5.41, 5.74) is 0.556. The lowest BCUT2D eigenvalue weighted by molar-refractivity contribution is -0.143. The number of nitrogens with one attached hydrogen (secondary N) is 1. The molecule has 20 heavy (non-hydrogen) atoms. The molecule has 0 amide bonds. The molecular formula is C12H16F3N5. The van der Waals surface area contributed by atoms with Crippen molar-refractivity contribution in [3.63, 3.8) is 0 Å². The first kappa shape index (κ1) is 14.4. The SMILES string of the molecule is CCn1nc(NCc2cc(C(F)(F)F)n(C)n2)cc1C. The van der Waals surface area contributed by atoms with E-state index in [0.29, 0.717) is 11.5 Å². The predicted molar refractivity (Wildman–Crippen MR) is 68.2 cm³/mol. The third-order valence-electron chi connectivity index (χ3n) is 2.95. The molecule has 0 saturated heterocycles. The molecule has 8 heteroatoms. The fraction of sp³-hybridized carbons (Fsp3) is 0.500. The van der Waals surface area contributed by atoms with Crippen LogP contribution in [0.15, 0.2) is 12.1 Å². The second-order valence-corrected chi connectivity index (χ2v) is 4.48. The summed E-state index contributed by atoms with van der Waals surface area (Å²) in [7, 11) is 1.28. The van der Waals surface area contributed by atoms with Gasteiger partial charge in [0.25, 0.3) is 0 Å². The minimum absolute atomic E-state index is 0.198. The van der Waals surface area contributed by atoms with E-state index in [0.717, 1.165) is 23.0 Å². The highest BCUT2D eigenvalue weighted by molar-refractivity contribution is 5.36. The first-order valence-corrected chi connectivity index (χ1v) is 6.19. The highest BCUT2D eigenvalue weighted by Gasteiger charge is 2.34. The van der Waals surface area contributed by atoms with Crippen molar-refractivity contribution in [2.75, 3.05) is 5.32 Å². The number of alkyl halides is 3. The number of anilines is 1. The Labute approximate surface area is 114 Å². The Morgan fingerprint density at radius 1 is 1.25 bits per heavy atom. The smallest absolute Gasteiger partial charge is 0.363 e. The van der Waals surface area contributed by atoms with Crippen molar-refractivity contribution in [2.45, 2.75) is 33.1 Å². The van der Waals surface area contributed by atoms with Crippen LogP contribution in [0.2, 0.25) is 0 Å². The van der Waals surface area contributed by atoms with E-state index in [1.807, 2.05) is 24.6 Å². The zero-order valence-corrected chi connectivity index (χ0v) is 11.5. The second-order valence-electron chi connectivity index (χ2n) is 4.48. The Hall–Kier alpha value is -1.99. The van der Waals surface area contributed by atoms with E-state index in [2.05, 4.69) is 15.5 Å². The maximum absolute atomic E-state index is 12.6. The number of aryl methyl sites for hydroxylation is 3. The molecule has 2 aromatic rings. The van der Waals surface area contributed by atoms with Gasteiger partial charge in [-0.05, 0) is 19.9 Å². The molecule has 0 aliphatic rings. The monoisotopic (exact) mass is 287 g/mol. The second kappa shape index (κ2) is 5.18. The van der Waals surface area contributed by atoms with Gasteiger partial charge in [-0.2, -0.15) is 23.4 Å². The van der Waals surface area contributed by atoms with E-state index >= 15 is 0 Å². The van der Waals surface area contributed by atoms with E-state index in [1.54, 1.807) is 0 Å². The standard InChI is InChI=1S/C12H16F3N5/c1-4-20-8(2)5-11(18-20)16-7-9-6-10(12(13,14)15)19(3)17-9/h5-6H,4,7H2,1-3H3,(H,16,18). The topological polar surface area (TPSA) is 47.7 Å². The van der Waals surface area contributed by atoms with Gasteiger partial charge in [-0.1, -0.05) is 0 Å². The van der Waals surface area contributed by atoms with Crippen molar-refractivity contribution in [3.05, 3.63) is 29.2 Å². The molecule has 5 nitrogen and oxygen atoms in total. The predicted octanol–water partition coefficient (Wildman–Crippen LogP) is 2.58. The molecule has 2 heterocycles. The third-order valence-corrected chi connectivity index (χ3v) is 2.95. The number of hydrogen-bond donors (Lipinski definition) is 1. The molecule has 0 aliphatic heterocycles. The Bertz CT molecular complexity index is 597. The Morgan fingerprint density at radius 2 is 1.95 bits per heavy atom. The molecule has 1 N–H and O–H groups in total. The largest absolute Gasteiger partial charge is 0.433 e. The molecule has 0 fully saturated rings. The van der Waals surface area contributed by atoms with E-state index < -0.39 is 11.9 Å². The van der Waals surface area contributed by atoms with E-state index in [-0.39, 0.29) is 6.54 Å². The van der Waals surface area contributed by atoms with Crippen LogP contribution in [-0.4, -0.2) is 19.6 Å². The van der Waals surface area contributed by atoms with Crippen LogP contribution in [0.25, 0.3) is 0 Å². The minimum atomic E-state index is -4.39. The van der Waals surface area contributed by atoms with Crippen LogP contribution in [0, 0.1) is 6.92 Å². The van der Waals surface area contributed by atoms with Crippen LogP contribution in [0.5, 0.6) is 0 Å². The first-order chi connectivity index (χ1) is 9.31. The molecule has 110 valence electrons. The number of hydrogen-bond acceptors (Lipinski definition) is 3. The summed E-state index contributed by atoms with van der Waals surface area (Å²) in [6.07, 6.45) is -4.39. The Kier molecular flexibility index (Phi) is 3.74. The molecule has 0 saturated carbocycles. The molecule has 0 aromatic carbocycles. The maximum atomic E-state index is 12.6. The molecule has 0 spiro atoms. The van der Waals surface area contributed by atoms with Gasteiger partial charge in [-0.25, -0.2) is 0 Å². The summed E-state index contributed by atoms with van der Waals surface area (Å²) in [6.45, 7) is 4.84. The molecule has 0 radical (unpaired) electrons. The zero-order valence-electron chi connectivity index (χ0n) is 11.5. The summed E-state index contributed by atoms with van der Waals surface area (Å²) < 4.78 is 40.5. The normalized spacial score (nSPS) is 11.9.